The van der Waals surface area contributed by atoms with Crippen LogP contribution in [0.4, 0.5) is 0 Å². The van der Waals surface area contributed by atoms with Gasteiger partial charge in [-0.25, -0.2) is 0 Å². The fourth-order valence-electron chi connectivity index (χ4n) is 2.28. The summed E-state index contributed by atoms with van der Waals surface area (Å²) < 4.78 is 0. The molecule has 0 aliphatic heterocycles. The van der Waals surface area contributed by atoms with Gasteiger partial charge in [0, 0.05) is 0 Å². The van der Waals surface area contributed by atoms with Crippen LogP contribution in [0.5, 0.6) is 0 Å². The van der Waals surface area contributed by atoms with Crippen LogP contribution < -0.4 is 0 Å². The molecular weight excluding hydrogens is 184 g/mol. The lowest BCUT2D eigenvalue weighted by molar-refractivity contribution is -0.153. The molecule has 14 heavy (non-hydrogen) atoms. The largest absolute Gasteiger partial charge is 0.481 e. The summed E-state index contributed by atoms with van der Waals surface area (Å²) in [5.74, 6) is -2.42. The lowest BCUT2D eigenvalue weighted by Crippen LogP contribution is -2.37. The number of hydrogen-bond donors (Lipinski definition) is 2. The van der Waals surface area contributed by atoms with Crippen LogP contribution in [0.25, 0.3) is 0 Å². The zero-order chi connectivity index (χ0) is 10.9. The van der Waals surface area contributed by atoms with E-state index in [1.54, 1.807) is 0 Å². The Labute approximate surface area is 82.9 Å². The minimum atomic E-state index is -0.798. The third-order valence-corrected chi connectivity index (χ3v) is 3.26. The van der Waals surface area contributed by atoms with E-state index in [0.717, 1.165) is 0 Å². The topological polar surface area (TPSA) is 74.6 Å². The molecule has 0 aromatic carbocycles. The summed E-state index contributed by atoms with van der Waals surface area (Å²) in [7, 11) is 0. The quantitative estimate of drug-likeness (QED) is 0.707. The first-order valence-electron chi connectivity index (χ1n) is 4.89. The molecule has 0 spiro atoms. The number of rotatable bonds is 2. The van der Waals surface area contributed by atoms with Gasteiger partial charge < -0.3 is 10.2 Å². The molecular formula is C10H16O4. The van der Waals surface area contributed by atoms with Crippen molar-refractivity contribution < 1.29 is 19.8 Å². The van der Waals surface area contributed by atoms with Crippen molar-refractivity contribution in [1.29, 1.82) is 0 Å². The first-order chi connectivity index (χ1) is 6.43. The monoisotopic (exact) mass is 200 g/mol. The maximum absolute atomic E-state index is 10.8. The minimum Gasteiger partial charge on any atom is -0.481 e. The van der Waals surface area contributed by atoms with Gasteiger partial charge in [-0.3, -0.25) is 9.59 Å². The van der Waals surface area contributed by atoms with Gasteiger partial charge in [-0.2, -0.15) is 0 Å². The molecule has 4 nitrogen and oxygen atoms in total. The summed E-state index contributed by atoms with van der Waals surface area (Å²) in [4.78, 5) is 21.7. The number of carboxylic acids is 2. The minimum absolute atomic E-state index is 0.0372. The fraction of sp³-hybridized carbons (Fsp3) is 0.800. The fourth-order valence-corrected chi connectivity index (χ4v) is 2.28. The van der Waals surface area contributed by atoms with Crippen LogP contribution in [0.2, 0.25) is 0 Å². The zero-order valence-electron chi connectivity index (χ0n) is 8.43. The molecule has 0 aromatic heterocycles. The summed E-state index contributed by atoms with van der Waals surface area (Å²) in [6.07, 6.45) is 0.959. The van der Waals surface area contributed by atoms with Crippen LogP contribution in [0.15, 0.2) is 0 Å². The van der Waals surface area contributed by atoms with Crippen molar-refractivity contribution in [1.82, 2.24) is 0 Å². The molecule has 80 valence electrons. The van der Waals surface area contributed by atoms with Crippen LogP contribution in [-0.2, 0) is 9.59 Å². The van der Waals surface area contributed by atoms with Gasteiger partial charge in [-0.15, -0.1) is 0 Å². The number of carbonyl (C=O) groups is 2. The second-order valence-corrected chi connectivity index (χ2v) is 4.32. The van der Waals surface area contributed by atoms with E-state index in [2.05, 4.69) is 0 Å². The number of aliphatic carboxylic acids is 2. The Hall–Kier alpha value is -1.06. The van der Waals surface area contributed by atoms with Crippen molar-refractivity contribution in [2.45, 2.75) is 26.7 Å². The first-order valence-corrected chi connectivity index (χ1v) is 4.89. The number of hydrogen-bond acceptors (Lipinski definition) is 2. The molecule has 1 fully saturated rings. The lowest BCUT2D eigenvalue weighted by atomic mass is 9.69. The van der Waals surface area contributed by atoms with Crippen molar-refractivity contribution in [3.05, 3.63) is 0 Å². The maximum atomic E-state index is 10.8. The highest BCUT2D eigenvalue weighted by Gasteiger charge is 2.39. The van der Waals surface area contributed by atoms with Gasteiger partial charge in [0.05, 0.1) is 11.8 Å². The molecule has 1 rings (SSSR count). The Morgan fingerprint density at radius 3 is 1.43 bits per heavy atom. The Balaban J connectivity index is 2.71. The van der Waals surface area contributed by atoms with Crippen LogP contribution >= 0.6 is 0 Å². The standard InChI is InChI=1S/C10H16O4/c1-5-3-8(10(13)14)6(2)4-7(5)9(11)12/h5-8H,3-4H2,1-2H3,(H,11,12)(H,13,14)/t5?,6?,7-,8+. The van der Waals surface area contributed by atoms with Gasteiger partial charge in [0.1, 0.15) is 0 Å². The Morgan fingerprint density at radius 2 is 1.21 bits per heavy atom. The first kappa shape index (κ1) is 11.0. The molecule has 1 aliphatic carbocycles. The highest BCUT2D eigenvalue weighted by atomic mass is 16.4. The van der Waals surface area contributed by atoms with E-state index in [1.807, 2.05) is 13.8 Å². The predicted molar refractivity (Wildman–Crippen MR) is 49.8 cm³/mol. The molecule has 4 heteroatoms. The summed E-state index contributed by atoms with van der Waals surface area (Å²) >= 11 is 0. The van der Waals surface area contributed by atoms with Gasteiger partial charge in [-0.05, 0) is 24.7 Å². The predicted octanol–water partition coefficient (Wildman–Crippen LogP) is 1.45. The molecule has 2 N–H and O–H groups in total. The lowest BCUT2D eigenvalue weighted by Gasteiger charge is -2.34. The van der Waals surface area contributed by atoms with Crippen LogP contribution in [0.1, 0.15) is 26.7 Å². The van der Waals surface area contributed by atoms with Crippen molar-refractivity contribution in [3.63, 3.8) is 0 Å². The molecule has 2 unspecified atom stereocenters. The molecule has 0 bridgehead atoms. The average molecular weight is 200 g/mol. The van der Waals surface area contributed by atoms with E-state index < -0.39 is 11.9 Å². The normalized spacial score (nSPS) is 37.9. The second-order valence-electron chi connectivity index (χ2n) is 4.32. The van der Waals surface area contributed by atoms with Gasteiger partial charge in [0.2, 0.25) is 0 Å². The Kier molecular flexibility index (Phi) is 3.13. The maximum Gasteiger partial charge on any atom is 0.306 e. The van der Waals surface area contributed by atoms with Crippen molar-refractivity contribution in [2.24, 2.45) is 23.7 Å². The SMILES string of the molecule is CC1C[C@@H](C(=O)O)C(C)C[C@@H]1C(=O)O. The summed E-state index contributed by atoms with van der Waals surface area (Å²) in [5.41, 5.74) is 0. The van der Waals surface area contributed by atoms with E-state index in [9.17, 15) is 9.59 Å². The van der Waals surface area contributed by atoms with Gasteiger partial charge in [-0.1, -0.05) is 13.8 Å². The highest BCUT2D eigenvalue weighted by Crippen LogP contribution is 2.37. The molecule has 0 amide bonds. The molecule has 0 aromatic rings. The van der Waals surface area contributed by atoms with Crippen LogP contribution in [0, 0.1) is 23.7 Å². The van der Waals surface area contributed by atoms with E-state index in [1.165, 1.54) is 0 Å². The van der Waals surface area contributed by atoms with Gasteiger partial charge in [0.25, 0.3) is 0 Å². The summed E-state index contributed by atoms with van der Waals surface area (Å²) in [5, 5.41) is 17.8. The van der Waals surface area contributed by atoms with E-state index in [4.69, 9.17) is 10.2 Å². The third-order valence-electron chi connectivity index (χ3n) is 3.26. The second kappa shape index (κ2) is 3.98. The number of carboxylic acid groups (broad SMARTS) is 2. The van der Waals surface area contributed by atoms with Crippen molar-refractivity contribution in [3.8, 4) is 0 Å². The smallest absolute Gasteiger partial charge is 0.306 e. The van der Waals surface area contributed by atoms with E-state index in [0.29, 0.717) is 12.8 Å². The molecule has 4 atom stereocenters. The zero-order valence-corrected chi connectivity index (χ0v) is 8.43. The Bertz CT molecular complexity index is 223. The van der Waals surface area contributed by atoms with Crippen LogP contribution in [0.3, 0.4) is 0 Å². The van der Waals surface area contributed by atoms with Crippen molar-refractivity contribution >= 4 is 11.9 Å². The van der Waals surface area contributed by atoms with Gasteiger partial charge >= 0.3 is 11.9 Å². The van der Waals surface area contributed by atoms with Crippen molar-refractivity contribution in [2.75, 3.05) is 0 Å². The van der Waals surface area contributed by atoms with E-state index in [-0.39, 0.29) is 23.7 Å². The van der Waals surface area contributed by atoms with Gasteiger partial charge in [0.15, 0.2) is 0 Å². The molecule has 0 heterocycles. The third kappa shape index (κ3) is 2.05. The highest BCUT2D eigenvalue weighted by molar-refractivity contribution is 5.73. The van der Waals surface area contributed by atoms with Crippen LogP contribution in [-0.4, -0.2) is 22.2 Å². The molecule has 1 saturated carbocycles. The van der Waals surface area contributed by atoms with E-state index >= 15 is 0 Å². The molecule has 1 aliphatic rings. The summed E-state index contributed by atoms with van der Waals surface area (Å²) in [6.45, 7) is 3.64. The summed E-state index contributed by atoms with van der Waals surface area (Å²) in [6, 6.07) is 0. The molecule has 0 radical (unpaired) electrons. The Morgan fingerprint density at radius 1 is 0.929 bits per heavy atom. The molecule has 0 saturated heterocycles. The average Bonchev–Trinajstić information content (AvgIpc) is 2.07.